The van der Waals surface area contributed by atoms with Crippen LogP contribution in [0.25, 0.3) is 0 Å². The molecule has 0 aliphatic carbocycles. The van der Waals surface area contributed by atoms with Gasteiger partial charge in [0.2, 0.25) is 21.8 Å². The van der Waals surface area contributed by atoms with Gasteiger partial charge in [-0.2, -0.15) is 0 Å². The van der Waals surface area contributed by atoms with E-state index in [0.717, 1.165) is 27.3 Å². The lowest BCUT2D eigenvalue weighted by atomic mass is 10.0. The van der Waals surface area contributed by atoms with E-state index in [2.05, 4.69) is 5.32 Å². The molecule has 1 N–H and O–H groups in total. The summed E-state index contributed by atoms with van der Waals surface area (Å²) in [7, 11) is -3.75. The van der Waals surface area contributed by atoms with Crippen LogP contribution < -0.4 is 9.62 Å². The topological polar surface area (TPSA) is 86.8 Å². The van der Waals surface area contributed by atoms with Crippen molar-refractivity contribution in [1.29, 1.82) is 0 Å². The van der Waals surface area contributed by atoms with Gasteiger partial charge in [0.15, 0.2) is 0 Å². The monoisotopic (exact) mass is 473 g/mol. The molecule has 2 aromatic rings. The molecular formula is C25H35N3O4S. The van der Waals surface area contributed by atoms with E-state index in [4.69, 9.17) is 0 Å². The van der Waals surface area contributed by atoms with Gasteiger partial charge in [-0.3, -0.25) is 13.9 Å². The van der Waals surface area contributed by atoms with Crippen LogP contribution in [0.2, 0.25) is 0 Å². The molecule has 33 heavy (non-hydrogen) atoms. The molecule has 2 rings (SSSR count). The normalized spacial score (nSPS) is 12.3. The molecule has 0 radical (unpaired) electrons. The Morgan fingerprint density at radius 1 is 1.03 bits per heavy atom. The molecule has 2 amide bonds. The number of carbonyl (C=O) groups is 2. The van der Waals surface area contributed by atoms with Gasteiger partial charge in [-0.05, 0) is 43.9 Å². The van der Waals surface area contributed by atoms with Crippen LogP contribution in [0.4, 0.5) is 5.69 Å². The fourth-order valence-corrected chi connectivity index (χ4v) is 4.58. The molecule has 0 aliphatic rings. The van der Waals surface area contributed by atoms with Gasteiger partial charge in [0.1, 0.15) is 12.6 Å². The van der Waals surface area contributed by atoms with Gasteiger partial charge in [0.05, 0.1) is 11.9 Å². The molecule has 0 saturated carbocycles. The van der Waals surface area contributed by atoms with Crippen LogP contribution in [0, 0.1) is 6.92 Å². The Morgan fingerprint density at radius 2 is 1.70 bits per heavy atom. The highest BCUT2D eigenvalue weighted by atomic mass is 32.2. The molecule has 0 aliphatic heterocycles. The predicted molar refractivity (Wildman–Crippen MR) is 133 cm³/mol. The number of benzene rings is 2. The fraction of sp³-hybridized carbons (Fsp3) is 0.440. The Morgan fingerprint density at radius 3 is 2.27 bits per heavy atom. The van der Waals surface area contributed by atoms with E-state index in [1.807, 2.05) is 64.1 Å². The zero-order valence-corrected chi connectivity index (χ0v) is 21.1. The molecule has 0 heterocycles. The largest absolute Gasteiger partial charge is 0.355 e. The summed E-state index contributed by atoms with van der Waals surface area (Å²) in [5.41, 5.74) is 3.21. The molecule has 0 spiro atoms. The Balaban J connectivity index is 2.45. The maximum Gasteiger partial charge on any atom is 0.244 e. The molecular weight excluding hydrogens is 438 g/mol. The summed E-state index contributed by atoms with van der Waals surface area (Å²) in [6, 6.07) is 14.1. The first-order chi connectivity index (χ1) is 15.5. The zero-order valence-electron chi connectivity index (χ0n) is 20.3. The van der Waals surface area contributed by atoms with Crippen LogP contribution in [0.1, 0.15) is 50.3 Å². The van der Waals surface area contributed by atoms with E-state index in [1.165, 1.54) is 4.90 Å². The van der Waals surface area contributed by atoms with Gasteiger partial charge in [0.25, 0.3) is 0 Å². The number of anilines is 1. The van der Waals surface area contributed by atoms with Gasteiger partial charge in [-0.15, -0.1) is 0 Å². The number of aryl methyl sites for hydroxylation is 1. The summed E-state index contributed by atoms with van der Waals surface area (Å²) in [5.74, 6) is -0.663. The van der Waals surface area contributed by atoms with Crippen molar-refractivity contribution in [3.8, 4) is 0 Å². The van der Waals surface area contributed by atoms with Crippen LogP contribution in [0.15, 0.2) is 48.5 Å². The van der Waals surface area contributed by atoms with Crippen LogP contribution in [0.5, 0.6) is 0 Å². The Bertz CT molecular complexity index is 1080. The van der Waals surface area contributed by atoms with Crippen LogP contribution in [-0.4, -0.2) is 50.5 Å². The number of carbonyl (C=O) groups excluding carboxylic acids is 2. The second-order valence-corrected chi connectivity index (χ2v) is 10.5. The zero-order chi connectivity index (χ0) is 24.8. The Hall–Kier alpha value is -2.87. The molecule has 0 saturated heterocycles. The van der Waals surface area contributed by atoms with Gasteiger partial charge in [-0.1, -0.05) is 61.9 Å². The number of nitrogens with zero attached hydrogens (tertiary/aromatic N) is 2. The highest BCUT2D eigenvalue weighted by Gasteiger charge is 2.30. The van der Waals surface area contributed by atoms with Crippen molar-refractivity contribution in [3.63, 3.8) is 0 Å². The first kappa shape index (κ1) is 26.4. The van der Waals surface area contributed by atoms with E-state index in [0.29, 0.717) is 12.2 Å². The third-order valence-corrected chi connectivity index (χ3v) is 6.59. The van der Waals surface area contributed by atoms with Crippen molar-refractivity contribution in [1.82, 2.24) is 10.2 Å². The number of rotatable bonds is 10. The summed E-state index contributed by atoms with van der Waals surface area (Å²) in [6.45, 7) is 9.62. The number of hydrogen-bond donors (Lipinski definition) is 1. The van der Waals surface area contributed by atoms with Crippen LogP contribution >= 0.6 is 0 Å². The summed E-state index contributed by atoms with van der Waals surface area (Å²) >= 11 is 0. The van der Waals surface area contributed by atoms with E-state index < -0.39 is 28.5 Å². The standard InChI is InChI=1S/C25H35N3O4S/c1-7-26-25(30)20(5)27(16-21-12-10-11-19(4)15-21)24(29)17-28(33(6,31)32)23-14-9-8-13-22(23)18(2)3/h8-15,18,20H,7,16-17H2,1-6H3,(H,26,30)/t20-/m1/s1. The Kier molecular flexibility index (Phi) is 9.05. The van der Waals surface area contributed by atoms with Crippen molar-refractivity contribution >= 4 is 27.5 Å². The molecule has 1 atom stereocenters. The number of para-hydroxylation sites is 1. The van der Waals surface area contributed by atoms with E-state index in [-0.39, 0.29) is 18.4 Å². The molecule has 0 fully saturated rings. The second-order valence-electron chi connectivity index (χ2n) is 8.56. The average Bonchev–Trinajstić information content (AvgIpc) is 2.74. The maximum atomic E-state index is 13.5. The number of amides is 2. The summed E-state index contributed by atoms with van der Waals surface area (Å²) in [4.78, 5) is 27.6. The van der Waals surface area contributed by atoms with Crippen molar-refractivity contribution in [2.75, 3.05) is 23.7 Å². The third kappa shape index (κ3) is 7.05. The number of nitrogens with one attached hydrogen (secondary N) is 1. The highest BCUT2D eigenvalue weighted by molar-refractivity contribution is 7.92. The van der Waals surface area contributed by atoms with Crippen molar-refractivity contribution in [2.24, 2.45) is 0 Å². The maximum absolute atomic E-state index is 13.5. The molecule has 0 bridgehead atoms. The van der Waals surface area contributed by atoms with E-state index in [9.17, 15) is 18.0 Å². The first-order valence-electron chi connectivity index (χ1n) is 11.1. The number of likely N-dealkylation sites (N-methyl/N-ethyl adjacent to an activating group) is 1. The molecule has 2 aromatic carbocycles. The lowest BCUT2D eigenvalue weighted by Crippen LogP contribution is -2.51. The SMILES string of the molecule is CCNC(=O)[C@@H](C)N(Cc1cccc(C)c1)C(=O)CN(c1ccccc1C(C)C)S(C)(=O)=O. The number of hydrogen-bond acceptors (Lipinski definition) is 4. The highest BCUT2D eigenvalue weighted by Crippen LogP contribution is 2.29. The molecule has 0 aromatic heterocycles. The fourth-order valence-electron chi connectivity index (χ4n) is 3.71. The van der Waals surface area contributed by atoms with Gasteiger partial charge in [0, 0.05) is 13.1 Å². The smallest absolute Gasteiger partial charge is 0.244 e. The molecule has 8 heteroatoms. The predicted octanol–water partition coefficient (Wildman–Crippen LogP) is 3.44. The summed E-state index contributed by atoms with van der Waals surface area (Å²) < 4.78 is 26.6. The quantitative estimate of drug-likeness (QED) is 0.573. The number of sulfonamides is 1. The summed E-state index contributed by atoms with van der Waals surface area (Å²) in [6.07, 6.45) is 1.09. The van der Waals surface area contributed by atoms with Gasteiger partial charge in [-0.25, -0.2) is 8.42 Å². The van der Waals surface area contributed by atoms with Crippen LogP contribution in [0.3, 0.4) is 0 Å². The molecule has 180 valence electrons. The average molecular weight is 474 g/mol. The third-order valence-electron chi connectivity index (χ3n) is 5.46. The van der Waals surface area contributed by atoms with Crippen molar-refractivity contribution < 1.29 is 18.0 Å². The van der Waals surface area contributed by atoms with Gasteiger partial charge < -0.3 is 10.2 Å². The molecule has 7 nitrogen and oxygen atoms in total. The minimum Gasteiger partial charge on any atom is -0.355 e. The van der Waals surface area contributed by atoms with Crippen molar-refractivity contribution in [2.45, 2.75) is 53.1 Å². The summed E-state index contributed by atoms with van der Waals surface area (Å²) in [5, 5.41) is 2.75. The van der Waals surface area contributed by atoms with Crippen LogP contribution in [-0.2, 0) is 26.2 Å². The van der Waals surface area contributed by atoms with Crippen molar-refractivity contribution in [3.05, 3.63) is 65.2 Å². The van der Waals surface area contributed by atoms with E-state index >= 15 is 0 Å². The lowest BCUT2D eigenvalue weighted by molar-refractivity contribution is -0.139. The minimum atomic E-state index is -3.75. The minimum absolute atomic E-state index is 0.0678. The van der Waals surface area contributed by atoms with E-state index in [1.54, 1.807) is 19.1 Å². The second kappa shape index (κ2) is 11.3. The Labute approximate surface area is 197 Å². The first-order valence-corrected chi connectivity index (χ1v) is 13.0. The molecule has 0 unspecified atom stereocenters. The lowest BCUT2D eigenvalue weighted by Gasteiger charge is -2.32. The van der Waals surface area contributed by atoms with Gasteiger partial charge >= 0.3 is 0 Å².